The maximum absolute atomic E-state index is 13.2. The van der Waals surface area contributed by atoms with Gasteiger partial charge in [0.25, 0.3) is 0 Å². The zero-order valence-corrected chi connectivity index (χ0v) is 9.99. The Morgan fingerprint density at radius 2 is 2.17 bits per heavy atom. The molecule has 1 atom stereocenters. The summed E-state index contributed by atoms with van der Waals surface area (Å²) in [6, 6.07) is 2.18. The van der Waals surface area contributed by atoms with E-state index in [-0.39, 0.29) is 25.4 Å². The lowest BCUT2D eigenvalue weighted by Gasteiger charge is -2.11. The molecule has 0 bridgehead atoms. The number of carbonyl (C=O) groups excluding carboxylic acids is 1. The molecule has 0 radical (unpaired) electrons. The third-order valence-corrected chi connectivity index (χ3v) is 2.17. The predicted octanol–water partition coefficient (Wildman–Crippen LogP) is 1.62. The molecule has 4 nitrogen and oxygen atoms in total. The standard InChI is InChI=1S/C12H15F2NO3/c1-2-17-12(16)10(15)5-6-18-11-4-3-8(13)7-9(11)14/h3-4,7,10H,2,5-6,15H2,1H3. The molecule has 0 fully saturated rings. The molecule has 0 saturated heterocycles. The van der Waals surface area contributed by atoms with E-state index in [1.807, 2.05) is 0 Å². The van der Waals surface area contributed by atoms with Crippen LogP contribution in [0.1, 0.15) is 13.3 Å². The quantitative estimate of drug-likeness (QED) is 0.789. The number of ether oxygens (including phenoxy) is 2. The summed E-state index contributed by atoms with van der Waals surface area (Å²) in [6.07, 6.45) is 0.190. The van der Waals surface area contributed by atoms with E-state index in [9.17, 15) is 13.6 Å². The average Bonchev–Trinajstić information content (AvgIpc) is 2.32. The number of halogens is 2. The number of hydrogen-bond donors (Lipinski definition) is 1. The minimum atomic E-state index is -0.812. The van der Waals surface area contributed by atoms with Crippen molar-refractivity contribution in [2.24, 2.45) is 5.73 Å². The highest BCUT2D eigenvalue weighted by Crippen LogP contribution is 2.17. The molecule has 2 N–H and O–H groups in total. The molecular formula is C12H15F2NO3. The fourth-order valence-corrected chi connectivity index (χ4v) is 1.26. The maximum atomic E-state index is 13.2. The van der Waals surface area contributed by atoms with Gasteiger partial charge in [-0.15, -0.1) is 0 Å². The molecule has 0 aromatic heterocycles. The van der Waals surface area contributed by atoms with Crippen molar-refractivity contribution in [2.45, 2.75) is 19.4 Å². The van der Waals surface area contributed by atoms with Gasteiger partial charge >= 0.3 is 5.97 Å². The SMILES string of the molecule is CCOC(=O)C(N)CCOc1ccc(F)cc1F. The molecule has 6 heteroatoms. The van der Waals surface area contributed by atoms with Gasteiger partial charge in [-0.25, -0.2) is 8.78 Å². The van der Waals surface area contributed by atoms with Gasteiger partial charge in [0, 0.05) is 12.5 Å². The molecule has 0 spiro atoms. The van der Waals surface area contributed by atoms with Crippen molar-refractivity contribution < 1.29 is 23.0 Å². The molecule has 0 saturated carbocycles. The minimum absolute atomic E-state index is 0.0442. The van der Waals surface area contributed by atoms with Gasteiger partial charge < -0.3 is 15.2 Å². The summed E-state index contributed by atoms with van der Waals surface area (Å²) >= 11 is 0. The van der Waals surface area contributed by atoms with Gasteiger partial charge in [-0.05, 0) is 19.1 Å². The van der Waals surface area contributed by atoms with Gasteiger partial charge in [-0.2, -0.15) is 0 Å². The zero-order valence-electron chi connectivity index (χ0n) is 9.99. The Hall–Kier alpha value is -1.69. The average molecular weight is 259 g/mol. The van der Waals surface area contributed by atoms with Crippen molar-refractivity contribution in [3.63, 3.8) is 0 Å². The summed E-state index contributed by atoms with van der Waals surface area (Å²) in [4.78, 5) is 11.2. The van der Waals surface area contributed by atoms with Crippen molar-refractivity contribution >= 4 is 5.97 Å². The molecule has 18 heavy (non-hydrogen) atoms. The minimum Gasteiger partial charge on any atom is -0.490 e. The van der Waals surface area contributed by atoms with Gasteiger partial charge in [0.15, 0.2) is 11.6 Å². The van der Waals surface area contributed by atoms with E-state index in [1.165, 1.54) is 6.07 Å². The van der Waals surface area contributed by atoms with Crippen LogP contribution >= 0.6 is 0 Å². The van der Waals surface area contributed by atoms with Crippen LogP contribution in [0.25, 0.3) is 0 Å². The Kier molecular flexibility index (Phi) is 5.51. The Morgan fingerprint density at radius 1 is 1.44 bits per heavy atom. The fraction of sp³-hybridized carbons (Fsp3) is 0.417. The summed E-state index contributed by atoms with van der Waals surface area (Å²) in [5.74, 6) is -2.07. The smallest absolute Gasteiger partial charge is 0.323 e. The van der Waals surface area contributed by atoms with Gasteiger partial charge in [0.05, 0.1) is 13.2 Å². The van der Waals surface area contributed by atoms with E-state index >= 15 is 0 Å². The highest BCUT2D eigenvalue weighted by molar-refractivity contribution is 5.75. The number of rotatable bonds is 6. The van der Waals surface area contributed by atoms with Crippen molar-refractivity contribution in [1.82, 2.24) is 0 Å². The molecular weight excluding hydrogens is 244 g/mol. The van der Waals surface area contributed by atoms with E-state index in [2.05, 4.69) is 0 Å². The van der Waals surface area contributed by atoms with Crippen LogP contribution in [0.4, 0.5) is 8.78 Å². The second-order valence-electron chi connectivity index (χ2n) is 3.57. The first-order valence-electron chi connectivity index (χ1n) is 5.54. The molecule has 100 valence electrons. The zero-order chi connectivity index (χ0) is 13.5. The molecule has 0 amide bonds. The fourth-order valence-electron chi connectivity index (χ4n) is 1.26. The number of hydrogen-bond acceptors (Lipinski definition) is 4. The van der Waals surface area contributed by atoms with Crippen LogP contribution in [0.2, 0.25) is 0 Å². The summed E-state index contributed by atoms with van der Waals surface area (Å²) in [5.41, 5.74) is 5.52. The molecule has 0 aliphatic rings. The molecule has 1 rings (SSSR count). The number of benzene rings is 1. The number of esters is 1. The molecule has 0 aliphatic carbocycles. The third-order valence-electron chi connectivity index (χ3n) is 2.17. The van der Waals surface area contributed by atoms with E-state index in [4.69, 9.17) is 15.2 Å². The highest BCUT2D eigenvalue weighted by atomic mass is 19.1. The first kappa shape index (κ1) is 14.4. The van der Waals surface area contributed by atoms with E-state index in [1.54, 1.807) is 6.92 Å². The first-order valence-corrected chi connectivity index (χ1v) is 5.54. The van der Waals surface area contributed by atoms with Crippen molar-refractivity contribution in [3.8, 4) is 5.75 Å². The van der Waals surface area contributed by atoms with E-state index in [0.29, 0.717) is 0 Å². The molecule has 1 unspecified atom stereocenters. The normalized spacial score (nSPS) is 12.0. The first-order chi connectivity index (χ1) is 8.54. The number of nitrogens with two attached hydrogens (primary N) is 1. The van der Waals surface area contributed by atoms with Gasteiger partial charge in [-0.1, -0.05) is 0 Å². The topological polar surface area (TPSA) is 61.5 Å². The van der Waals surface area contributed by atoms with Crippen molar-refractivity contribution in [2.75, 3.05) is 13.2 Å². The Morgan fingerprint density at radius 3 is 2.78 bits per heavy atom. The Labute approximate surface area is 104 Å². The summed E-state index contributed by atoms with van der Waals surface area (Å²) in [6.45, 7) is 1.97. The maximum Gasteiger partial charge on any atom is 0.323 e. The Balaban J connectivity index is 2.39. The van der Waals surface area contributed by atoms with Crippen LogP contribution in [0.5, 0.6) is 5.75 Å². The molecule has 1 aromatic carbocycles. The predicted molar refractivity (Wildman–Crippen MR) is 61.1 cm³/mol. The van der Waals surface area contributed by atoms with Crippen LogP contribution in [0.15, 0.2) is 18.2 Å². The van der Waals surface area contributed by atoms with E-state index in [0.717, 1.165) is 12.1 Å². The van der Waals surface area contributed by atoms with Crippen LogP contribution in [-0.2, 0) is 9.53 Å². The molecule has 1 aromatic rings. The largest absolute Gasteiger partial charge is 0.490 e. The van der Waals surface area contributed by atoms with Gasteiger partial charge in [0.1, 0.15) is 11.9 Å². The van der Waals surface area contributed by atoms with Crippen LogP contribution in [0, 0.1) is 11.6 Å². The lowest BCUT2D eigenvalue weighted by Crippen LogP contribution is -2.33. The Bertz CT molecular complexity index is 412. The van der Waals surface area contributed by atoms with Crippen molar-refractivity contribution in [1.29, 1.82) is 0 Å². The van der Waals surface area contributed by atoms with Gasteiger partial charge in [-0.3, -0.25) is 4.79 Å². The second-order valence-corrected chi connectivity index (χ2v) is 3.57. The molecule has 0 heterocycles. The third kappa shape index (κ3) is 4.29. The lowest BCUT2D eigenvalue weighted by molar-refractivity contribution is -0.145. The second kappa shape index (κ2) is 6.90. The van der Waals surface area contributed by atoms with Crippen LogP contribution in [-0.4, -0.2) is 25.2 Å². The van der Waals surface area contributed by atoms with E-state index < -0.39 is 23.6 Å². The monoisotopic (exact) mass is 259 g/mol. The summed E-state index contributed by atoms with van der Waals surface area (Å²) < 4.78 is 35.5. The van der Waals surface area contributed by atoms with Crippen molar-refractivity contribution in [3.05, 3.63) is 29.8 Å². The van der Waals surface area contributed by atoms with Gasteiger partial charge in [0.2, 0.25) is 0 Å². The van der Waals surface area contributed by atoms with Crippen LogP contribution < -0.4 is 10.5 Å². The molecule has 0 aliphatic heterocycles. The summed E-state index contributed by atoms with van der Waals surface area (Å²) in [7, 11) is 0. The lowest BCUT2D eigenvalue weighted by atomic mass is 10.2. The van der Waals surface area contributed by atoms with Crippen LogP contribution in [0.3, 0.4) is 0 Å². The summed E-state index contributed by atoms with van der Waals surface area (Å²) in [5, 5.41) is 0. The highest BCUT2D eigenvalue weighted by Gasteiger charge is 2.14. The number of carbonyl (C=O) groups is 1.